The Kier molecular flexibility index (Phi) is 4.15. The molecule has 2 atom stereocenters. The van der Waals surface area contributed by atoms with Crippen molar-refractivity contribution in [2.75, 3.05) is 0 Å². The molecule has 0 fully saturated rings. The fourth-order valence-corrected chi connectivity index (χ4v) is 2.58. The summed E-state index contributed by atoms with van der Waals surface area (Å²) in [5, 5.41) is 0. The average Bonchev–Trinajstić information content (AvgIpc) is 2.34. The molecule has 0 amide bonds. The van der Waals surface area contributed by atoms with E-state index >= 15 is 0 Å². The molecule has 0 saturated heterocycles. The zero-order valence-corrected chi connectivity index (χ0v) is 13.7. The van der Waals surface area contributed by atoms with E-state index in [1.165, 1.54) is 11.1 Å². The van der Waals surface area contributed by atoms with Crippen LogP contribution in [0.1, 0.15) is 19.4 Å². The Labute approximate surface area is 125 Å². The van der Waals surface area contributed by atoms with E-state index in [0.29, 0.717) is 6.61 Å². The highest BCUT2D eigenvalue weighted by Crippen LogP contribution is 2.39. The van der Waals surface area contributed by atoms with Gasteiger partial charge < -0.3 is 4.74 Å². The lowest BCUT2D eigenvalue weighted by Gasteiger charge is -2.31. The molecule has 0 spiro atoms. The highest BCUT2D eigenvalue weighted by atomic mass is 79.9. The third-order valence-electron chi connectivity index (χ3n) is 3.11. The molecule has 1 aliphatic carbocycles. The smallest absolute Gasteiger partial charge is 0.160 e. The number of alkyl halides is 2. The van der Waals surface area contributed by atoms with E-state index in [0.717, 1.165) is 0 Å². The molecule has 0 aliphatic heterocycles. The molecule has 1 nitrogen and oxygen atoms in total. The van der Waals surface area contributed by atoms with Crippen LogP contribution in [-0.2, 0) is 11.3 Å². The number of hydrogen-bond acceptors (Lipinski definition) is 1. The van der Waals surface area contributed by atoms with Gasteiger partial charge in [0.1, 0.15) is 0 Å². The average molecular weight is 372 g/mol. The van der Waals surface area contributed by atoms with Gasteiger partial charge in [0, 0.05) is 0 Å². The van der Waals surface area contributed by atoms with Crippen LogP contribution in [0.25, 0.3) is 0 Å². The second kappa shape index (κ2) is 5.32. The predicted molar refractivity (Wildman–Crippen MR) is 83.1 cm³/mol. The van der Waals surface area contributed by atoms with Gasteiger partial charge in [-0.2, -0.15) is 0 Å². The van der Waals surface area contributed by atoms with E-state index in [1.54, 1.807) is 0 Å². The van der Waals surface area contributed by atoms with Gasteiger partial charge in [-0.25, -0.2) is 0 Å². The SMILES string of the molecule is CC1=CC(Br)(OCc2ccccc2)C=CC1(C)Br. The Bertz CT molecular complexity index is 477. The third-order valence-corrected chi connectivity index (χ3v) is 4.72. The summed E-state index contributed by atoms with van der Waals surface area (Å²) in [6.45, 7) is 4.80. The van der Waals surface area contributed by atoms with Crippen molar-refractivity contribution in [2.45, 2.75) is 29.3 Å². The van der Waals surface area contributed by atoms with Crippen molar-refractivity contribution in [2.24, 2.45) is 0 Å². The summed E-state index contributed by atoms with van der Waals surface area (Å²) in [7, 11) is 0. The van der Waals surface area contributed by atoms with Gasteiger partial charge in [-0.05, 0) is 47.5 Å². The standard InChI is InChI=1S/C15H16Br2O/c1-12-10-15(17,9-8-14(12,2)16)18-11-13-6-4-3-5-7-13/h3-10H,11H2,1-2H3. The lowest BCUT2D eigenvalue weighted by atomic mass is 9.95. The highest BCUT2D eigenvalue weighted by Gasteiger charge is 2.31. The summed E-state index contributed by atoms with van der Waals surface area (Å²) in [4.78, 5) is 0. The number of rotatable bonds is 3. The second-order valence-corrected chi connectivity index (χ2v) is 7.60. The molecule has 0 N–H and O–H groups in total. The third kappa shape index (κ3) is 3.34. The summed E-state index contributed by atoms with van der Waals surface area (Å²) in [5.74, 6) is 0. The zero-order chi connectivity index (χ0) is 13.2. The number of benzene rings is 1. The summed E-state index contributed by atoms with van der Waals surface area (Å²) < 4.78 is 5.38. The predicted octanol–water partition coefficient (Wildman–Crippen LogP) is 4.96. The maximum atomic E-state index is 5.95. The van der Waals surface area contributed by atoms with E-state index in [4.69, 9.17) is 4.74 Å². The van der Waals surface area contributed by atoms with Crippen LogP contribution in [0.15, 0.2) is 54.1 Å². The van der Waals surface area contributed by atoms with Crippen molar-refractivity contribution in [3.05, 3.63) is 59.7 Å². The van der Waals surface area contributed by atoms with Gasteiger partial charge in [0.2, 0.25) is 0 Å². The molecule has 1 aromatic rings. The van der Waals surface area contributed by atoms with Crippen LogP contribution in [0.3, 0.4) is 0 Å². The molecule has 2 rings (SSSR count). The summed E-state index contributed by atoms with van der Waals surface area (Å²) in [6, 6.07) is 10.2. The second-order valence-electron chi connectivity index (χ2n) is 4.71. The molecular weight excluding hydrogens is 356 g/mol. The summed E-state index contributed by atoms with van der Waals surface area (Å²) >= 11 is 7.31. The summed E-state index contributed by atoms with van der Waals surface area (Å²) in [6.07, 6.45) is 6.25. The van der Waals surface area contributed by atoms with Crippen molar-refractivity contribution < 1.29 is 4.74 Å². The van der Waals surface area contributed by atoms with Crippen molar-refractivity contribution in [1.82, 2.24) is 0 Å². The monoisotopic (exact) mass is 370 g/mol. The molecule has 96 valence electrons. The van der Waals surface area contributed by atoms with E-state index in [-0.39, 0.29) is 4.32 Å². The first-order valence-electron chi connectivity index (χ1n) is 5.87. The van der Waals surface area contributed by atoms with Crippen LogP contribution in [0.4, 0.5) is 0 Å². The van der Waals surface area contributed by atoms with Crippen LogP contribution in [0.5, 0.6) is 0 Å². The Morgan fingerprint density at radius 3 is 2.39 bits per heavy atom. The molecule has 1 aromatic carbocycles. The molecule has 0 bridgehead atoms. The zero-order valence-electron chi connectivity index (χ0n) is 10.5. The molecule has 0 aromatic heterocycles. The largest absolute Gasteiger partial charge is 0.352 e. The first-order chi connectivity index (χ1) is 8.41. The Morgan fingerprint density at radius 2 is 1.78 bits per heavy atom. The van der Waals surface area contributed by atoms with Gasteiger partial charge in [-0.15, -0.1) is 0 Å². The number of hydrogen-bond donors (Lipinski definition) is 0. The number of ether oxygens (including phenoxy) is 1. The van der Waals surface area contributed by atoms with Crippen molar-refractivity contribution in [1.29, 1.82) is 0 Å². The number of allylic oxidation sites excluding steroid dienone is 2. The topological polar surface area (TPSA) is 9.23 Å². The minimum atomic E-state index is -0.500. The molecule has 18 heavy (non-hydrogen) atoms. The van der Waals surface area contributed by atoms with E-state index < -0.39 is 4.51 Å². The minimum absolute atomic E-state index is 0.0691. The highest BCUT2D eigenvalue weighted by molar-refractivity contribution is 9.10. The molecule has 0 radical (unpaired) electrons. The van der Waals surface area contributed by atoms with Crippen molar-refractivity contribution in [3.8, 4) is 0 Å². The Hall–Kier alpha value is -0.380. The number of halogens is 2. The quantitative estimate of drug-likeness (QED) is 0.538. The Morgan fingerprint density at radius 1 is 1.11 bits per heavy atom. The van der Waals surface area contributed by atoms with Crippen molar-refractivity contribution >= 4 is 31.9 Å². The maximum Gasteiger partial charge on any atom is 0.160 e. The summed E-state index contributed by atoms with van der Waals surface area (Å²) in [5.41, 5.74) is 2.40. The fraction of sp³-hybridized carbons (Fsp3) is 0.333. The maximum absolute atomic E-state index is 5.95. The molecule has 0 heterocycles. The van der Waals surface area contributed by atoms with Crippen molar-refractivity contribution in [3.63, 3.8) is 0 Å². The van der Waals surface area contributed by atoms with Crippen LogP contribution >= 0.6 is 31.9 Å². The minimum Gasteiger partial charge on any atom is -0.352 e. The normalized spacial score (nSPS) is 31.2. The van der Waals surface area contributed by atoms with E-state index in [1.807, 2.05) is 24.3 Å². The lowest BCUT2D eigenvalue weighted by molar-refractivity contribution is 0.0812. The van der Waals surface area contributed by atoms with Gasteiger partial charge in [-0.3, -0.25) is 0 Å². The van der Waals surface area contributed by atoms with Crippen LogP contribution < -0.4 is 0 Å². The fourth-order valence-electron chi connectivity index (χ4n) is 1.74. The van der Waals surface area contributed by atoms with Crippen LogP contribution in [0.2, 0.25) is 0 Å². The molecule has 2 unspecified atom stereocenters. The van der Waals surface area contributed by atoms with Crippen LogP contribution in [0, 0.1) is 0 Å². The lowest BCUT2D eigenvalue weighted by Crippen LogP contribution is -2.28. The van der Waals surface area contributed by atoms with Gasteiger partial charge in [0.05, 0.1) is 10.9 Å². The first kappa shape index (κ1) is 14.0. The van der Waals surface area contributed by atoms with Gasteiger partial charge in [-0.1, -0.05) is 57.9 Å². The Balaban J connectivity index is 2.06. The van der Waals surface area contributed by atoms with Gasteiger partial charge in [0.15, 0.2) is 4.51 Å². The molecule has 1 aliphatic rings. The first-order valence-corrected chi connectivity index (χ1v) is 7.46. The molecule has 0 saturated carbocycles. The van der Waals surface area contributed by atoms with Gasteiger partial charge in [0.25, 0.3) is 0 Å². The van der Waals surface area contributed by atoms with Gasteiger partial charge >= 0.3 is 0 Å². The van der Waals surface area contributed by atoms with E-state index in [2.05, 4.69) is 70.0 Å². The molecule has 3 heteroatoms. The molecular formula is C15H16Br2O. The van der Waals surface area contributed by atoms with E-state index in [9.17, 15) is 0 Å². The van der Waals surface area contributed by atoms with Crippen LogP contribution in [-0.4, -0.2) is 8.83 Å².